The van der Waals surface area contributed by atoms with Crippen molar-refractivity contribution in [3.63, 3.8) is 0 Å². The number of ether oxygens (including phenoxy) is 2. The molecule has 25 heavy (non-hydrogen) atoms. The second kappa shape index (κ2) is 6.04. The van der Waals surface area contributed by atoms with Gasteiger partial charge >= 0.3 is 0 Å². The number of rotatable bonds is 3. The second-order valence-electron chi connectivity index (χ2n) is 5.38. The minimum atomic E-state index is -0.588. The highest BCUT2D eigenvalue weighted by Crippen LogP contribution is 2.43. The van der Waals surface area contributed by atoms with E-state index in [1.165, 1.54) is 23.5 Å². The summed E-state index contributed by atoms with van der Waals surface area (Å²) in [6, 6.07) is 13.5. The van der Waals surface area contributed by atoms with Crippen LogP contribution in [0.3, 0.4) is 0 Å². The number of benzene rings is 2. The molecule has 4 nitrogen and oxygen atoms in total. The monoisotopic (exact) mass is 351 g/mol. The Morgan fingerprint density at radius 2 is 1.88 bits per heavy atom. The number of carbonyl (C=O) groups excluding carboxylic acids is 1. The number of thiophene rings is 1. The quantitative estimate of drug-likeness (QED) is 0.645. The fraction of sp³-hybridized carbons (Fsp3) is 0.0526. The summed E-state index contributed by atoms with van der Waals surface area (Å²) in [6.07, 6.45) is 0.769. The molecule has 1 aliphatic rings. The SMILES string of the molecule is N#Cc1ccc(-c2cc(C=O)sc2-c2ccc3c(c2)OCO3)cc1F. The Balaban J connectivity index is 1.87. The first kappa shape index (κ1) is 15.4. The minimum Gasteiger partial charge on any atom is -0.454 e. The lowest BCUT2D eigenvalue weighted by Crippen LogP contribution is -1.92. The van der Waals surface area contributed by atoms with Crippen molar-refractivity contribution in [3.05, 3.63) is 58.7 Å². The van der Waals surface area contributed by atoms with Gasteiger partial charge < -0.3 is 9.47 Å². The van der Waals surface area contributed by atoms with Gasteiger partial charge in [0.25, 0.3) is 0 Å². The van der Waals surface area contributed by atoms with Crippen molar-refractivity contribution >= 4 is 17.6 Å². The van der Waals surface area contributed by atoms with Gasteiger partial charge in [-0.2, -0.15) is 5.26 Å². The van der Waals surface area contributed by atoms with Gasteiger partial charge in [0.1, 0.15) is 11.9 Å². The zero-order chi connectivity index (χ0) is 17.4. The summed E-state index contributed by atoms with van der Waals surface area (Å²) in [7, 11) is 0. The van der Waals surface area contributed by atoms with Crippen molar-refractivity contribution in [2.75, 3.05) is 6.79 Å². The van der Waals surface area contributed by atoms with Crippen molar-refractivity contribution in [2.45, 2.75) is 0 Å². The number of hydrogen-bond acceptors (Lipinski definition) is 5. The van der Waals surface area contributed by atoms with Gasteiger partial charge in [-0.15, -0.1) is 11.3 Å². The van der Waals surface area contributed by atoms with E-state index in [1.54, 1.807) is 24.3 Å². The molecule has 0 unspecified atom stereocenters. The standard InChI is InChI=1S/C19H10FNO3S/c20-16-5-11(1-2-13(16)8-21)15-7-14(9-22)25-19(15)12-3-4-17-18(6-12)24-10-23-17/h1-7,9H,10H2. The molecule has 3 aromatic rings. The van der Waals surface area contributed by atoms with Crippen LogP contribution in [0.4, 0.5) is 4.39 Å². The van der Waals surface area contributed by atoms with E-state index in [9.17, 15) is 9.18 Å². The van der Waals surface area contributed by atoms with Gasteiger partial charge in [0.15, 0.2) is 17.8 Å². The van der Waals surface area contributed by atoms with Crippen LogP contribution in [0.5, 0.6) is 11.5 Å². The van der Waals surface area contributed by atoms with E-state index in [0.29, 0.717) is 21.9 Å². The molecular weight excluding hydrogens is 341 g/mol. The molecule has 122 valence electrons. The summed E-state index contributed by atoms with van der Waals surface area (Å²) in [4.78, 5) is 12.6. The summed E-state index contributed by atoms with van der Waals surface area (Å²) in [5.41, 5.74) is 2.17. The first-order valence-corrected chi connectivity index (χ1v) is 8.20. The Labute approximate surface area is 146 Å². The number of carbonyl (C=O) groups is 1. The summed E-state index contributed by atoms with van der Waals surface area (Å²) >= 11 is 1.32. The maximum atomic E-state index is 14.0. The van der Waals surface area contributed by atoms with Crippen LogP contribution in [0.25, 0.3) is 21.6 Å². The van der Waals surface area contributed by atoms with Gasteiger partial charge in [-0.1, -0.05) is 6.07 Å². The Morgan fingerprint density at radius 3 is 2.64 bits per heavy atom. The van der Waals surface area contributed by atoms with Gasteiger partial charge in [-0.05, 0) is 47.5 Å². The molecule has 0 fully saturated rings. The number of halogens is 1. The topological polar surface area (TPSA) is 59.3 Å². The number of fused-ring (bicyclic) bond motifs is 1. The molecule has 0 N–H and O–H groups in total. The fourth-order valence-electron chi connectivity index (χ4n) is 2.71. The normalized spacial score (nSPS) is 12.0. The molecule has 0 amide bonds. The van der Waals surface area contributed by atoms with Crippen molar-refractivity contribution < 1.29 is 18.7 Å². The third-order valence-corrected chi connectivity index (χ3v) is 5.01. The molecular formula is C19H10FNO3S. The number of nitrogens with zero attached hydrogens (tertiary/aromatic N) is 1. The molecule has 0 radical (unpaired) electrons. The summed E-state index contributed by atoms with van der Waals surface area (Å²) < 4.78 is 24.7. The predicted octanol–water partition coefficient (Wildman–Crippen LogP) is 4.63. The number of aldehydes is 1. The highest BCUT2D eigenvalue weighted by Gasteiger charge is 2.18. The molecule has 2 aromatic carbocycles. The Morgan fingerprint density at radius 1 is 1.08 bits per heavy atom. The molecule has 0 atom stereocenters. The van der Waals surface area contributed by atoms with Crippen LogP contribution in [0, 0.1) is 17.1 Å². The van der Waals surface area contributed by atoms with Gasteiger partial charge in [0, 0.05) is 10.4 Å². The number of nitriles is 1. The van der Waals surface area contributed by atoms with Crippen LogP contribution in [0.15, 0.2) is 42.5 Å². The Hall–Kier alpha value is -3.17. The van der Waals surface area contributed by atoms with Crippen LogP contribution in [0.2, 0.25) is 0 Å². The third-order valence-electron chi connectivity index (χ3n) is 3.90. The van der Waals surface area contributed by atoms with E-state index in [-0.39, 0.29) is 12.4 Å². The lowest BCUT2D eigenvalue weighted by atomic mass is 10.0. The lowest BCUT2D eigenvalue weighted by molar-refractivity contribution is 0.112. The summed E-state index contributed by atoms with van der Waals surface area (Å²) in [5.74, 6) is 0.716. The molecule has 0 spiro atoms. The van der Waals surface area contributed by atoms with Crippen LogP contribution in [-0.2, 0) is 0 Å². The van der Waals surface area contributed by atoms with Crippen LogP contribution < -0.4 is 9.47 Å². The molecule has 1 aromatic heterocycles. The maximum absolute atomic E-state index is 14.0. The van der Waals surface area contributed by atoms with E-state index in [4.69, 9.17) is 14.7 Å². The lowest BCUT2D eigenvalue weighted by Gasteiger charge is -2.06. The van der Waals surface area contributed by atoms with Crippen molar-refractivity contribution in [3.8, 4) is 39.1 Å². The van der Waals surface area contributed by atoms with Gasteiger partial charge in [0.05, 0.1) is 10.4 Å². The Bertz CT molecular complexity index is 1010. The fourth-order valence-corrected chi connectivity index (χ4v) is 3.70. The van der Waals surface area contributed by atoms with E-state index in [1.807, 2.05) is 12.1 Å². The van der Waals surface area contributed by atoms with Gasteiger partial charge in [-0.3, -0.25) is 4.79 Å². The van der Waals surface area contributed by atoms with Gasteiger partial charge in [-0.25, -0.2) is 4.39 Å². The maximum Gasteiger partial charge on any atom is 0.231 e. The molecule has 1 aliphatic heterocycles. The summed E-state index contributed by atoms with van der Waals surface area (Å²) in [5, 5.41) is 8.88. The van der Waals surface area contributed by atoms with E-state index >= 15 is 0 Å². The van der Waals surface area contributed by atoms with E-state index in [0.717, 1.165) is 22.3 Å². The molecule has 0 saturated heterocycles. The summed E-state index contributed by atoms with van der Waals surface area (Å²) in [6.45, 7) is 0.177. The Kier molecular flexibility index (Phi) is 3.71. The first-order valence-electron chi connectivity index (χ1n) is 7.38. The van der Waals surface area contributed by atoms with Crippen LogP contribution >= 0.6 is 11.3 Å². The molecule has 0 saturated carbocycles. The molecule has 4 rings (SSSR count). The van der Waals surface area contributed by atoms with Crippen LogP contribution in [-0.4, -0.2) is 13.1 Å². The average Bonchev–Trinajstić information content (AvgIpc) is 3.27. The highest BCUT2D eigenvalue weighted by atomic mass is 32.1. The molecule has 0 bridgehead atoms. The smallest absolute Gasteiger partial charge is 0.231 e. The van der Waals surface area contributed by atoms with Crippen molar-refractivity contribution in [2.24, 2.45) is 0 Å². The zero-order valence-electron chi connectivity index (χ0n) is 12.8. The molecule has 6 heteroatoms. The largest absolute Gasteiger partial charge is 0.454 e. The first-order chi connectivity index (χ1) is 12.2. The van der Waals surface area contributed by atoms with Crippen LogP contribution in [0.1, 0.15) is 15.2 Å². The minimum absolute atomic E-state index is 0.0146. The molecule has 0 aliphatic carbocycles. The second-order valence-corrected chi connectivity index (χ2v) is 6.47. The van der Waals surface area contributed by atoms with E-state index in [2.05, 4.69) is 0 Å². The highest BCUT2D eigenvalue weighted by molar-refractivity contribution is 7.17. The number of hydrogen-bond donors (Lipinski definition) is 0. The van der Waals surface area contributed by atoms with Crippen molar-refractivity contribution in [1.29, 1.82) is 5.26 Å². The zero-order valence-corrected chi connectivity index (χ0v) is 13.6. The average molecular weight is 351 g/mol. The predicted molar refractivity (Wildman–Crippen MR) is 91.4 cm³/mol. The third kappa shape index (κ3) is 2.65. The van der Waals surface area contributed by atoms with Crippen molar-refractivity contribution in [1.82, 2.24) is 0 Å². The van der Waals surface area contributed by atoms with Gasteiger partial charge in [0.2, 0.25) is 6.79 Å². The van der Waals surface area contributed by atoms with E-state index < -0.39 is 5.82 Å². The molecule has 2 heterocycles.